The van der Waals surface area contributed by atoms with Gasteiger partial charge in [0.2, 0.25) is 23.6 Å². The molecule has 4 amide bonds. The van der Waals surface area contributed by atoms with E-state index in [-0.39, 0.29) is 18.4 Å². The van der Waals surface area contributed by atoms with Crippen molar-refractivity contribution < 1.29 is 29.1 Å². The molecule has 3 unspecified atom stereocenters. The molecule has 152 valence electrons. The van der Waals surface area contributed by atoms with E-state index in [1.54, 1.807) is 13.8 Å². The van der Waals surface area contributed by atoms with Gasteiger partial charge < -0.3 is 32.1 Å². The van der Waals surface area contributed by atoms with E-state index >= 15 is 0 Å². The maximum Gasteiger partial charge on any atom is 0.326 e. The van der Waals surface area contributed by atoms with Gasteiger partial charge in [0, 0.05) is 6.54 Å². The van der Waals surface area contributed by atoms with E-state index in [0.29, 0.717) is 19.4 Å². The molecule has 0 saturated carbocycles. The second-order valence-electron chi connectivity index (χ2n) is 6.75. The number of aliphatic carboxylic acids is 1. The van der Waals surface area contributed by atoms with Gasteiger partial charge in [-0.2, -0.15) is 0 Å². The third-order valence-electron chi connectivity index (χ3n) is 4.32. The van der Waals surface area contributed by atoms with E-state index in [2.05, 4.69) is 10.6 Å². The summed E-state index contributed by atoms with van der Waals surface area (Å²) >= 11 is 0. The third-order valence-corrected chi connectivity index (χ3v) is 4.32. The summed E-state index contributed by atoms with van der Waals surface area (Å²) < 4.78 is 0. The van der Waals surface area contributed by atoms with Crippen LogP contribution in [0.25, 0.3) is 0 Å². The van der Waals surface area contributed by atoms with Gasteiger partial charge >= 0.3 is 5.97 Å². The largest absolute Gasteiger partial charge is 0.480 e. The molecule has 0 aromatic heterocycles. The molecule has 1 saturated heterocycles. The lowest BCUT2D eigenvalue weighted by molar-refractivity contribution is -0.144. The molecule has 3 atom stereocenters. The first kappa shape index (κ1) is 22.4. The summed E-state index contributed by atoms with van der Waals surface area (Å²) in [6, 6.07) is -3.26. The van der Waals surface area contributed by atoms with Crippen molar-refractivity contribution in [3.05, 3.63) is 0 Å². The van der Waals surface area contributed by atoms with Crippen molar-refractivity contribution in [2.24, 2.45) is 17.4 Å². The number of carbonyl (C=O) groups is 5. The number of nitrogens with one attached hydrogen (secondary N) is 2. The molecular formula is C16H27N5O6. The number of likely N-dealkylation sites (tertiary alicyclic amines) is 1. The molecule has 1 aliphatic heterocycles. The Morgan fingerprint density at radius 2 is 1.81 bits per heavy atom. The first-order valence-corrected chi connectivity index (χ1v) is 8.69. The van der Waals surface area contributed by atoms with Crippen molar-refractivity contribution in [3.8, 4) is 0 Å². The Morgan fingerprint density at radius 1 is 1.19 bits per heavy atom. The summed E-state index contributed by atoms with van der Waals surface area (Å²) in [5.41, 5.74) is 10.3. The average Bonchev–Trinajstić information content (AvgIpc) is 3.06. The zero-order valence-electron chi connectivity index (χ0n) is 15.4. The van der Waals surface area contributed by atoms with E-state index in [1.807, 2.05) is 0 Å². The Hall–Kier alpha value is -2.69. The van der Waals surface area contributed by atoms with Gasteiger partial charge in [0.25, 0.3) is 0 Å². The number of primary amides is 1. The Morgan fingerprint density at radius 3 is 2.30 bits per heavy atom. The van der Waals surface area contributed by atoms with Crippen LogP contribution >= 0.6 is 0 Å². The van der Waals surface area contributed by atoms with Gasteiger partial charge in [-0.05, 0) is 18.8 Å². The molecule has 0 spiro atoms. The fourth-order valence-electron chi connectivity index (χ4n) is 2.90. The van der Waals surface area contributed by atoms with Gasteiger partial charge in [-0.1, -0.05) is 13.8 Å². The highest BCUT2D eigenvalue weighted by atomic mass is 16.4. The lowest BCUT2D eigenvalue weighted by Crippen LogP contribution is -2.57. The van der Waals surface area contributed by atoms with Gasteiger partial charge in [0.1, 0.15) is 18.1 Å². The number of rotatable bonds is 9. The molecule has 1 rings (SSSR count). The zero-order valence-corrected chi connectivity index (χ0v) is 15.4. The highest BCUT2D eigenvalue weighted by Gasteiger charge is 2.36. The van der Waals surface area contributed by atoms with Crippen LogP contribution < -0.4 is 22.1 Å². The summed E-state index contributed by atoms with van der Waals surface area (Å²) in [5, 5.41) is 13.9. The first-order valence-electron chi connectivity index (χ1n) is 8.69. The van der Waals surface area contributed by atoms with Crippen LogP contribution in [0.3, 0.4) is 0 Å². The van der Waals surface area contributed by atoms with Crippen LogP contribution in [0.4, 0.5) is 0 Å². The zero-order chi connectivity index (χ0) is 20.7. The number of hydrogen-bond acceptors (Lipinski definition) is 6. The molecule has 1 heterocycles. The number of carboxylic acids is 1. The minimum absolute atomic E-state index is 0.217. The number of amides is 4. The smallest absolute Gasteiger partial charge is 0.326 e. The summed E-state index contributed by atoms with van der Waals surface area (Å²) in [5.74, 6) is -4.27. The predicted molar refractivity (Wildman–Crippen MR) is 93.9 cm³/mol. The monoisotopic (exact) mass is 385 g/mol. The van der Waals surface area contributed by atoms with Gasteiger partial charge in [0.05, 0.1) is 13.0 Å². The highest BCUT2D eigenvalue weighted by molar-refractivity contribution is 5.94. The van der Waals surface area contributed by atoms with E-state index in [0.717, 1.165) is 0 Å². The SMILES string of the molecule is CC(C)C(NC(=O)C1CCCN1C(=O)CN)C(=O)NC(CC(N)=O)C(=O)O. The van der Waals surface area contributed by atoms with Crippen LogP contribution in [-0.2, 0) is 24.0 Å². The van der Waals surface area contributed by atoms with Crippen LogP contribution in [0.2, 0.25) is 0 Å². The molecule has 0 aromatic carbocycles. The molecule has 0 aliphatic carbocycles. The number of nitrogens with zero attached hydrogens (tertiary/aromatic N) is 1. The second kappa shape index (κ2) is 9.86. The molecule has 1 aliphatic rings. The van der Waals surface area contributed by atoms with Crippen molar-refractivity contribution in [2.75, 3.05) is 13.1 Å². The van der Waals surface area contributed by atoms with Crippen LogP contribution in [0.1, 0.15) is 33.1 Å². The lowest BCUT2D eigenvalue weighted by Gasteiger charge is -2.28. The normalized spacial score (nSPS) is 18.7. The fraction of sp³-hybridized carbons (Fsp3) is 0.688. The molecule has 11 heteroatoms. The molecule has 0 radical (unpaired) electrons. The summed E-state index contributed by atoms with van der Waals surface area (Å²) in [6.07, 6.45) is 0.521. The first-order chi connectivity index (χ1) is 12.6. The Kier molecular flexibility index (Phi) is 8.16. The maximum atomic E-state index is 12.6. The van der Waals surface area contributed by atoms with Crippen molar-refractivity contribution in [2.45, 2.75) is 51.2 Å². The van der Waals surface area contributed by atoms with Crippen molar-refractivity contribution >= 4 is 29.6 Å². The lowest BCUT2D eigenvalue weighted by atomic mass is 10.0. The Balaban J connectivity index is 2.84. The standard InChI is InChI=1S/C16H27N5O6/c1-8(2)13(15(25)19-9(16(26)27)6-11(18)22)20-14(24)10-4-3-5-21(10)12(23)7-17/h8-10,13H,3-7,17H2,1-2H3,(H2,18,22)(H,19,25)(H,20,24)(H,26,27). The maximum absolute atomic E-state index is 12.6. The van der Waals surface area contributed by atoms with Gasteiger partial charge in [-0.3, -0.25) is 19.2 Å². The molecule has 7 N–H and O–H groups in total. The van der Waals surface area contributed by atoms with Crippen LogP contribution in [0.15, 0.2) is 0 Å². The van der Waals surface area contributed by atoms with E-state index in [1.165, 1.54) is 4.90 Å². The van der Waals surface area contributed by atoms with Crippen molar-refractivity contribution in [3.63, 3.8) is 0 Å². The topological polar surface area (TPSA) is 185 Å². The highest BCUT2D eigenvalue weighted by Crippen LogP contribution is 2.18. The number of nitrogens with two attached hydrogens (primary N) is 2. The van der Waals surface area contributed by atoms with Crippen molar-refractivity contribution in [1.82, 2.24) is 15.5 Å². The Bertz CT molecular complexity index is 608. The van der Waals surface area contributed by atoms with Crippen LogP contribution in [0, 0.1) is 5.92 Å². The molecular weight excluding hydrogens is 358 g/mol. The average molecular weight is 385 g/mol. The van der Waals surface area contributed by atoms with E-state index < -0.39 is 48.2 Å². The summed E-state index contributed by atoms with van der Waals surface area (Å²) in [6.45, 7) is 3.54. The molecule has 0 aromatic rings. The minimum Gasteiger partial charge on any atom is -0.480 e. The molecule has 1 fully saturated rings. The number of hydrogen-bond donors (Lipinski definition) is 5. The van der Waals surface area contributed by atoms with E-state index in [9.17, 15) is 24.0 Å². The van der Waals surface area contributed by atoms with Crippen LogP contribution in [-0.4, -0.2) is 70.8 Å². The quantitative estimate of drug-likeness (QED) is 0.291. The second-order valence-corrected chi connectivity index (χ2v) is 6.75. The number of carboxylic acid groups (broad SMARTS) is 1. The molecule has 11 nitrogen and oxygen atoms in total. The predicted octanol–water partition coefficient (Wildman–Crippen LogP) is -2.48. The van der Waals surface area contributed by atoms with Crippen molar-refractivity contribution in [1.29, 1.82) is 0 Å². The van der Waals surface area contributed by atoms with Gasteiger partial charge in [-0.15, -0.1) is 0 Å². The van der Waals surface area contributed by atoms with Crippen LogP contribution in [0.5, 0.6) is 0 Å². The molecule has 27 heavy (non-hydrogen) atoms. The third kappa shape index (κ3) is 6.20. The minimum atomic E-state index is -1.49. The Labute approximate surface area is 156 Å². The summed E-state index contributed by atoms with van der Waals surface area (Å²) in [4.78, 5) is 60.4. The fourth-order valence-corrected chi connectivity index (χ4v) is 2.90. The van der Waals surface area contributed by atoms with Gasteiger partial charge in [0.15, 0.2) is 0 Å². The van der Waals surface area contributed by atoms with Gasteiger partial charge in [-0.25, -0.2) is 4.79 Å². The molecule has 0 bridgehead atoms. The summed E-state index contributed by atoms with van der Waals surface area (Å²) in [7, 11) is 0. The van der Waals surface area contributed by atoms with E-state index in [4.69, 9.17) is 16.6 Å². The number of carbonyl (C=O) groups excluding carboxylic acids is 4.